The lowest BCUT2D eigenvalue weighted by Gasteiger charge is -2.27. The fourth-order valence-corrected chi connectivity index (χ4v) is 6.57. The number of H-pyrrole nitrogens is 1. The second-order valence-electron chi connectivity index (χ2n) is 8.89. The summed E-state index contributed by atoms with van der Waals surface area (Å²) >= 11 is 0. The molecule has 2 aliphatic rings. The number of aliphatic hydroxyl groups is 1. The number of rotatable bonds is 10. The van der Waals surface area contributed by atoms with Crippen molar-refractivity contribution in [2.45, 2.75) is 44.1 Å². The van der Waals surface area contributed by atoms with E-state index in [1.807, 2.05) is 4.98 Å². The highest BCUT2D eigenvalue weighted by Crippen LogP contribution is 2.53. The van der Waals surface area contributed by atoms with Crippen LogP contribution in [0.2, 0.25) is 0 Å². The van der Waals surface area contributed by atoms with Gasteiger partial charge < -0.3 is 19.1 Å². The van der Waals surface area contributed by atoms with Crippen molar-refractivity contribution in [3.8, 4) is 5.75 Å². The summed E-state index contributed by atoms with van der Waals surface area (Å²) in [6, 6.07) is 8.93. The molecule has 11 nitrogen and oxygen atoms in total. The molecule has 0 amide bonds. The maximum Gasteiger partial charge on any atom is 0.379 e. The highest BCUT2D eigenvalue weighted by molar-refractivity contribution is 7.54. The molecule has 4 rings (SSSR count). The molecule has 0 saturated carbocycles. The molecular weight excluding hydrogens is 517 g/mol. The molecule has 2 N–H and O–H groups in total. The second kappa shape index (κ2) is 10.9. The van der Waals surface area contributed by atoms with Crippen molar-refractivity contribution in [3.05, 3.63) is 63.4 Å². The normalized spacial score (nSPS) is 27.4. The molecule has 202 valence electrons. The summed E-state index contributed by atoms with van der Waals surface area (Å²) in [7, 11) is -4.08. The summed E-state index contributed by atoms with van der Waals surface area (Å²) in [6.07, 6.45) is -4.85. The number of ether oxygens (including phenoxy) is 2. The predicted octanol–water partition coefficient (Wildman–Crippen LogP) is 2.31. The number of aliphatic hydroxyl groups excluding tert-OH is 1. The van der Waals surface area contributed by atoms with Crippen molar-refractivity contribution >= 4 is 13.6 Å². The van der Waals surface area contributed by atoms with Crippen LogP contribution in [0.1, 0.15) is 26.0 Å². The van der Waals surface area contributed by atoms with Gasteiger partial charge in [0.1, 0.15) is 11.9 Å². The van der Waals surface area contributed by atoms with E-state index in [1.165, 1.54) is 12.1 Å². The van der Waals surface area contributed by atoms with E-state index >= 15 is 0 Å². The summed E-state index contributed by atoms with van der Waals surface area (Å²) in [6.45, 7) is 1.29. The van der Waals surface area contributed by atoms with E-state index in [0.717, 1.165) is 12.3 Å². The summed E-state index contributed by atoms with van der Waals surface area (Å²) in [5, 5.41) is 10.3. The van der Waals surface area contributed by atoms with Gasteiger partial charge in [0.25, 0.3) is 5.56 Å². The van der Waals surface area contributed by atoms with Gasteiger partial charge in [0, 0.05) is 12.3 Å². The minimum atomic E-state index is -4.08. The molecule has 6 unspecified atom stereocenters. The number of carbonyl (C=O) groups is 1. The number of aromatic amines is 1. The SMILES string of the molecule is CCC(CP(=O)(OCC1OC(n2ccc(=O)[nH]c2=O)C(F)(F)C1O)Oc1ccccc1)C1CCOC1=O. The Kier molecular flexibility index (Phi) is 7.98. The van der Waals surface area contributed by atoms with Gasteiger partial charge >= 0.3 is 25.2 Å². The molecule has 37 heavy (non-hydrogen) atoms. The van der Waals surface area contributed by atoms with Crippen LogP contribution >= 0.6 is 7.60 Å². The van der Waals surface area contributed by atoms with Crippen LogP contribution in [-0.4, -0.2) is 58.1 Å². The number of hydrogen-bond acceptors (Lipinski definition) is 9. The van der Waals surface area contributed by atoms with Gasteiger partial charge in [-0.1, -0.05) is 31.5 Å². The van der Waals surface area contributed by atoms with E-state index in [4.69, 9.17) is 18.5 Å². The predicted molar refractivity (Wildman–Crippen MR) is 125 cm³/mol. The van der Waals surface area contributed by atoms with E-state index in [-0.39, 0.29) is 18.5 Å². The van der Waals surface area contributed by atoms with Gasteiger partial charge in [-0.25, -0.2) is 9.36 Å². The number of para-hydroxylation sites is 1. The van der Waals surface area contributed by atoms with Crippen LogP contribution in [0.4, 0.5) is 8.78 Å². The molecule has 0 spiro atoms. The zero-order chi connectivity index (χ0) is 26.8. The molecule has 14 heteroatoms. The maximum absolute atomic E-state index is 14.9. The Morgan fingerprint density at radius 1 is 1.24 bits per heavy atom. The lowest BCUT2D eigenvalue weighted by Crippen LogP contribution is -2.42. The average molecular weight is 544 g/mol. The Bertz CT molecular complexity index is 1270. The lowest BCUT2D eigenvalue weighted by molar-refractivity contribution is -0.142. The molecule has 2 aliphatic heterocycles. The first-order valence-corrected chi connectivity index (χ1v) is 13.4. The van der Waals surface area contributed by atoms with Crippen LogP contribution in [-0.2, 0) is 23.4 Å². The van der Waals surface area contributed by atoms with Gasteiger partial charge in [-0.05, 0) is 24.5 Å². The van der Waals surface area contributed by atoms with Crippen LogP contribution in [0.15, 0.2) is 52.2 Å². The van der Waals surface area contributed by atoms with Gasteiger partial charge in [-0.3, -0.25) is 23.7 Å². The quantitative estimate of drug-likeness (QED) is 0.340. The fourth-order valence-electron chi connectivity index (χ4n) is 4.43. The first-order valence-electron chi connectivity index (χ1n) is 11.7. The van der Waals surface area contributed by atoms with Gasteiger partial charge in [-0.2, -0.15) is 8.78 Å². The number of cyclic esters (lactones) is 1. The number of carbonyl (C=O) groups excluding carboxylic acids is 1. The van der Waals surface area contributed by atoms with Crippen LogP contribution < -0.4 is 15.8 Å². The van der Waals surface area contributed by atoms with Crippen molar-refractivity contribution in [2.24, 2.45) is 11.8 Å². The van der Waals surface area contributed by atoms with Crippen LogP contribution in [0.3, 0.4) is 0 Å². The molecule has 2 fully saturated rings. The van der Waals surface area contributed by atoms with E-state index in [9.17, 15) is 32.8 Å². The van der Waals surface area contributed by atoms with Crippen LogP contribution in [0, 0.1) is 11.8 Å². The molecule has 2 saturated heterocycles. The van der Waals surface area contributed by atoms with Gasteiger partial charge in [-0.15, -0.1) is 0 Å². The second-order valence-corrected chi connectivity index (χ2v) is 10.9. The van der Waals surface area contributed by atoms with Gasteiger partial charge in [0.15, 0.2) is 6.10 Å². The minimum absolute atomic E-state index is 0.200. The molecular formula is C23H27F2N2O9P. The minimum Gasteiger partial charge on any atom is -0.465 e. The number of benzene rings is 1. The number of halogens is 2. The molecule has 1 aromatic heterocycles. The average Bonchev–Trinajstić information content (AvgIpc) is 3.38. The molecule has 1 aromatic carbocycles. The van der Waals surface area contributed by atoms with E-state index < -0.39 is 67.6 Å². The lowest BCUT2D eigenvalue weighted by atomic mass is 9.91. The van der Waals surface area contributed by atoms with Crippen LogP contribution in [0.5, 0.6) is 5.75 Å². The van der Waals surface area contributed by atoms with Gasteiger partial charge in [0.05, 0.1) is 25.3 Å². The van der Waals surface area contributed by atoms with Crippen molar-refractivity contribution in [2.75, 3.05) is 19.4 Å². The molecule has 3 heterocycles. The Hall–Kier alpha value is -2.86. The third-order valence-corrected chi connectivity index (χ3v) is 8.38. The van der Waals surface area contributed by atoms with Crippen molar-refractivity contribution in [1.82, 2.24) is 9.55 Å². The van der Waals surface area contributed by atoms with Gasteiger partial charge in [0.2, 0.25) is 6.23 Å². The molecule has 0 aliphatic carbocycles. The number of nitrogens with zero attached hydrogens (tertiary/aromatic N) is 1. The number of esters is 1. The number of nitrogens with one attached hydrogen (secondary N) is 1. The summed E-state index contributed by atoms with van der Waals surface area (Å²) in [5.41, 5.74) is -1.95. The number of alkyl halides is 2. The Balaban J connectivity index is 1.55. The Morgan fingerprint density at radius 2 is 1.97 bits per heavy atom. The molecule has 0 radical (unpaired) electrons. The Labute approximate surface area is 209 Å². The number of hydrogen-bond donors (Lipinski definition) is 2. The highest BCUT2D eigenvalue weighted by atomic mass is 31.2. The highest BCUT2D eigenvalue weighted by Gasteiger charge is 2.60. The standard InChI is InChI=1S/C23H27F2N2O9P/c1-2-14(16-9-11-33-20(16)30)13-37(32,36-15-6-4-3-5-7-15)34-12-17-19(29)23(24,25)21(35-17)27-10-8-18(28)26-22(27)31/h3-8,10,14,16-17,19,21,29H,2,9,11-13H2,1H3,(H,26,28,31). The smallest absolute Gasteiger partial charge is 0.379 e. The van der Waals surface area contributed by atoms with E-state index in [0.29, 0.717) is 17.4 Å². The third kappa shape index (κ3) is 5.85. The topological polar surface area (TPSA) is 146 Å². The number of aromatic nitrogens is 2. The molecule has 2 aromatic rings. The molecule has 6 atom stereocenters. The monoisotopic (exact) mass is 544 g/mol. The fraction of sp³-hybridized carbons (Fsp3) is 0.522. The largest absolute Gasteiger partial charge is 0.465 e. The summed E-state index contributed by atoms with van der Waals surface area (Å²) < 4.78 is 65.6. The Morgan fingerprint density at radius 3 is 2.59 bits per heavy atom. The summed E-state index contributed by atoms with van der Waals surface area (Å²) in [4.78, 5) is 37.3. The first kappa shape index (κ1) is 27.2. The third-order valence-electron chi connectivity index (χ3n) is 6.43. The zero-order valence-electron chi connectivity index (χ0n) is 19.8. The van der Waals surface area contributed by atoms with Crippen LogP contribution in [0.25, 0.3) is 0 Å². The van der Waals surface area contributed by atoms with E-state index in [2.05, 4.69) is 0 Å². The zero-order valence-corrected chi connectivity index (χ0v) is 20.7. The van der Waals surface area contributed by atoms with E-state index in [1.54, 1.807) is 25.1 Å². The first-order chi connectivity index (χ1) is 17.5. The van der Waals surface area contributed by atoms with Crippen molar-refractivity contribution in [1.29, 1.82) is 0 Å². The van der Waals surface area contributed by atoms with Crippen molar-refractivity contribution < 1.29 is 41.8 Å². The molecule has 0 bridgehead atoms. The maximum atomic E-state index is 14.9. The van der Waals surface area contributed by atoms with Crippen molar-refractivity contribution in [3.63, 3.8) is 0 Å². The summed E-state index contributed by atoms with van der Waals surface area (Å²) in [5.74, 6) is -5.12.